The molecule has 2 aromatic rings. The maximum absolute atomic E-state index is 12.0. The number of nitrogens with one attached hydrogen (secondary N) is 1. The van der Waals surface area contributed by atoms with Crippen LogP contribution in [0.1, 0.15) is 12.0 Å². The van der Waals surface area contributed by atoms with Crippen molar-refractivity contribution in [1.82, 2.24) is 4.72 Å². The minimum absolute atomic E-state index is 0.0499. The van der Waals surface area contributed by atoms with Crippen molar-refractivity contribution in [3.8, 4) is 0 Å². The van der Waals surface area contributed by atoms with E-state index in [1.54, 1.807) is 0 Å². The smallest absolute Gasteiger partial charge is 0.211 e. The zero-order valence-electron chi connectivity index (χ0n) is 10.5. The summed E-state index contributed by atoms with van der Waals surface area (Å²) >= 11 is 12.7. The van der Waals surface area contributed by atoms with Crippen molar-refractivity contribution in [1.29, 1.82) is 0 Å². The van der Waals surface area contributed by atoms with Gasteiger partial charge in [-0.25, -0.2) is 13.1 Å². The number of benzene rings is 1. The summed E-state index contributed by atoms with van der Waals surface area (Å²) in [5.74, 6) is 0. The maximum atomic E-state index is 12.0. The molecule has 1 aromatic carbocycles. The first kappa shape index (κ1) is 15.8. The largest absolute Gasteiger partial charge is 0.242 e. The number of hydrogen-bond donors (Lipinski definition) is 1. The predicted octanol–water partition coefficient (Wildman–Crippen LogP) is 3.97. The Morgan fingerprint density at radius 1 is 1.15 bits per heavy atom. The van der Waals surface area contributed by atoms with Gasteiger partial charge in [-0.05, 0) is 24.5 Å². The normalized spacial score (nSPS) is 11.7. The second kappa shape index (κ2) is 6.91. The predicted molar refractivity (Wildman–Crippen MR) is 84.3 cm³/mol. The van der Waals surface area contributed by atoms with Crippen LogP contribution in [0.15, 0.2) is 41.3 Å². The molecule has 0 saturated carbocycles. The summed E-state index contributed by atoms with van der Waals surface area (Å²) in [6, 6.07) is 11.3. The fourth-order valence-corrected chi connectivity index (χ4v) is 4.95. The first-order chi connectivity index (χ1) is 9.49. The molecule has 108 valence electrons. The number of sulfonamides is 1. The van der Waals surface area contributed by atoms with Gasteiger partial charge >= 0.3 is 0 Å². The summed E-state index contributed by atoms with van der Waals surface area (Å²) in [6.07, 6.45) is 1.54. The van der Waals surface area contributed by atoms with Crippen LogP contribution in [0.4, 0.5) is 0 Å². The molecule has 0 unspecified atom stereocenters. The van der Waals surface area contributed by atoms with Crippen LogP contribution in [0, 0.1) is 0 Å². The van der Waals surface area contributed by atoms with E-state index in [9.17, 15) is 8.42 Å². The number of halogens is 2. The maximum Gasteiger partial charge on any atom is 0.242 e. The molecule has 1 heterocycles. The van der Waals surface area contributed by atoms with E-state index >= 15 is 0 Å². The molecule has 1 N–H and O–H groups in total. The standard InChI is InChI=1S/C13H13Cl2NO2S2/c14-12-9-11(13(15)19-12)20(17,18)16-8-4-7-10-5-2-1-3-6-10/h1-3,5-6,9,16H,4,7-8H2. The van der Waals surface area contributed by atoms with Crippen molar-refractivity contribution in [3.05, 3.63) is 50.6 Å². The highest BCUT2D eigenvalue weighted by Gasteiger charge is 2.20. The van der Waals surface area contributed by atoms with Crippen molar-refractivity contribution < 1.29 is 8.42 Å². The van der Waals surface area contributed by atoms with E-state index in [0.29, 0.717) is 10.9 Å². The van der Waals surface area contributed by atoms with Crippen molar-refractivity contribution in [3.63, 3.8) is 0 Å². The second-order valence-electron chi connectivity index (χ2n) is 4.18. The minimum atomic E-state index is -3.58. The van der Waals surface area contributed by atoms with Crippen LogP contribution in [0.5, 0.6) is 0 Å². The fourth-order valence-electron chi connectivity index (χ4n) is 1.73. The lowest BCUT2D eigenvalue weighted by Crippen LogP contribution is -2.25. The lowest BCUT2D eigenvalue weighted by atomic mass is 10.1. The first-order valence-electron chi connectivity index (χ1n) is 5.97. The summed E-state index contributed by atoms with van der Waals surface area (Å²) in [7, 11) is -3.58. The number of rotatable bonds is 6. The van der Waals surface area contributed by atoms with Crippen molar-refractivity contribution in [2.75, 3.05) is 6.54 Å². The van der Waals surface area contributed by atoms with Crippen LogP contribution in [0.3, 0.4) is 0 Å². The Kier molecular flexibility index (Phi) is 5.46. The van der Waals surface area contributed by atoms with E-state index in [0.717, 1.165) is 24.2 Å². The van der Waals surface area contributed by atoms with Gasteiger partial charge in [-0.15, -0.1) is 11.3 Å². The summed E-state index contributed by atoms with van der Waals surface area (Å²) < 4.78 is 27.1. The van der Waals surface area contributed by atoms with Crippen molar-refractivity contribution in [2.45, 2.75) is 17.7 Å². The van der Waals surface area contributed by atoms with Gasteiger partial charge in [0.2, 0.25) is 10.0 Å². The summed E-state index contributed by atoms with van der Waals surface area (Å²) in [6.45, 7) is 0.362. The molecule has 3 nitrogen and oxygen atoms in total. The zero-order valence-corrected chi connectivity index (χ0v) is 13.6. The van der Waals surface area contributed by atoms with Crippen LogP contribution in [0.25, 0.3) is 0 Å². The second-order valence-corrected chi connectivity index (χ2v) is 8.20. The lowest BCUT2D eigenvalue weighted by Gasteiger charge is -2.05. The molecule has 0 atom stereocenters. The van der Waals surface area contributed by atoms with Gasteiger partial charge in [0.25, 0.3) is 0 Å². The summed E-state index contributed by atoms with van der Waals surface area (Å²) in [4.78, 5) is 0.0499. The first-order valence-corrected chi connectivity index (χ1v) is 9.03. The van der Waals surface area contributed by atoms with Gasteiger partial charge in [-0.3, -0.25) is 0 Å². The molecule has 0 amide bonds. The average molecular weight is 350 g/mol. The molecule has 0 saturated heterocycles. The third-order valence-electron chi connectivity index (χ3n) is 2.69. The minimum Gasteiger partial charge on any atom is -0.211 e. The van der Waals surface area contributed by atoms with Gasteiger partial charge in [-0.1, -0.05) is 53.5 Å². The summed E-state index contributed by atoms with van der Waals surface area (Å²) in [5.41, 5.74) is 1.18. The molecule has 0 radical (unpaired) electrons. The van der Waals surface area contributed by atoms with E-state index in [2.05, 4.69) is 4.72 Å². The van der Waals surface area contributed by atoms with Crippen LogP contribution >= 0.6 is 34.5 Å². The van der Waals surface area contributed by atoms with Gasteiger partial charge in [-0.2, -0.15) is 0 Å². The molecule has 20 heavy (non-hydrogen) atoms. The molecule has 0 aliphatic rings. The highest BCUT2D eigenvalue weighted by atomic mass is 35.5. The molecule has 0 bridgehead atoms. The SMILES string of the molecule is O=S(=O)(NCCCc1ccccc1)c1cc(Cl)sc1Cl. The molecule has 0 spiro atoms. The molecule has 0 fully saturated rings. The van der Waals surface area contributed by atoms with Crippen LogP contribution in [-0.2, 0) is 16.4 Å². The van der Waals surface area contributed by atoms with Crippen LogP contribution in [-0.4, -0.2) is 15.0 Å². The van der Waals surface area contributed by atoms with Gasteiger partial charge in [0, 0.05) is 6.54 Å². The Bertz CT molecular complexity index is 669. The molecule has 7 heteroatoms. The molecule has 2 rings (SSSR count). The Labute approximate surface area is 132 Å². The fraction of sp³-hybridized carbons (Fsp3) is 0.231. The van der Waals surface area contributed by atoms with Gasteiger partial charge in [0.05, 0.1) is 4.34 Å². The quantitative estimate of drug-likeness (QED) is 0.802. The van der Waals surface area contributed by atoms with Gasteiger partial charge in [0.15, 0.2) is 0 Å². The highest BCUT2D eigenvalue weighted by molar-refractivity contribution is 7.89. The number of hydrogen-bond acceptors (Lipinski definition) is 3. The average Bonchev–Trinajstić information content (AvgIpc) is 2.76. The monoisotopic (exact) mass is 349 g/mol. The highest BCUT2D eigenvalue weighted by Crippen LogP contribution is 2.33. The third kappa shape index (κ3) is 4.20. The summed E-state index contributed by atoms with van der Waals surface area (Å²) in [5, 5.41) is 0. The van der Waals surface area contributed by atoms with E-state index in [4.69, 9.17) is 23.2 Å². The Balaban J connectivity index is 1.89. The van der Waals surface area contributed by atoms with E-state index < -0.39 is 10.0 Å². The Hall–Kier alpha value is -0.590. The van der Waals surface area contributed by atoms with Crippen molar-refractivity contribution in [2.24, 2.45) is 0 Å². The Morgan fingerprint density at radius 3 is 2.45 bits per heavy atom. The molecular weight excluding hydrogens is 337 g/mol. The molecular formula is C13H13Cl2NO2S2. The molecule has 0 aliphatic carbocycles. The van der Waals surface area contributed by atoms with Gasteiger partial charge < -0.3 is 0 Å². The zero-order chi connectivity index (χ0) is 14.6. The van der Waals surface area contributed by atoms with Crippen LogP contribution < -0.4 is 4.72 Å². The topological polar surface area (TPSA) is 46.2 Å². The van der Waals surface area contributed by atoms with Gasteiger partial charge in [0.1, 0.15) is 9.23 Å². The van der Waals surface area contributed by atoms with E-state index in [1.807, 2.05) is 30.3 Å². The molecule has 1 aromatic heterocycles. The number of aryl methyl sites for hydroxylation is 1. The van der Waals surface area contributed by atoms with E-state index in [1.165, 1.54) is 11.6 Å². The van der Waals surface area contributed by atoms with E-state index in [-0.39, 0.29) is 9.23 Å². The third-order valence-corrected chi connectivity index (χ3v) is 5.91. The Morgan fingerprint density at radius 2 is 1.85 bits per heavy atom. The molecule has 0 aliphatic heterocycles. The van der Waals surface area contributed by atoms with Crippen LogP contribution in [0.2, 0.25) is 8.67 Å². The number of thiophene rings is 1. The van der Waals surface area contributed by atoms with Crippen molar-refractivity contribution >= 4 is 44.6 Å². The lowest BCUT2D eigenvalue weighted by molar-refractivity contribution is 0.579.